The molecule has 2 aromatic rings. The molecule has 0 fully saturated rings. The van der Waals surface area contributed by atoms with Crippen molar-refractivity contribution >= 4 is 23.6 Å². The van der Waals surface area contributed by atoms with Gasteiger partial charge in [0.05, 0.1) is 16.9 Å². The normalized spacial score (nSPS) is 9.97. The van der Waals surface area contributed by atoms with Crippen LogP contribution in [0.1, 0.15) is 57.8 Å². The number of nitrogens with zero attached hydrogens (tertiary/aromatic N) is 1. The SMILES string of the molecule is C=C/C=C\N=CC.CC.CCCCNc1cc(C(=O)O)cc(NCC)c1Oc1ccccc1. The van der Waals surface area contributed by atoms with E-state index in [2.05, 4.69) is 29.1 Å². The number of aliphatic imine (C=N–C) groups is 1. The quantitative estimate of drug-likeness (QED) is 0.185. The fourth-order valence-corrected chi connectivity index (χ4v) is 2.52. The zero-order chi connectivity index (χ0) is 24.9. The Labute approximate surface area is 199 Å². The van der Waals surface area contributed by atoms with Crippen molar-refractivity contribution in [3.05, 3.63) is 73.0 Å². The summed E-state index contributed by atoms with van der Waals surface area (Å²) < 4.78 is 6.04. The first kappa shape index (κ1) is 29.5. The van der Waals surface area contributed by atoms with Crippen molar-refractivity contribution in [1.29, 1.82) is 0 Å². The highest BCUT2D eigenvalue weighted by atomic mass is 16.5. The Morgan fingerprint density at radius 2 is 1.76 bits per heavy atom. The molecule has 33 heavy (non-hydrogen) atoms. The number of para-hydroxylation sites is 1. The number of carboxylic acid groups (broad SMARTS) is 1. The van der Waals surface area contributed by atoms with Gasteiger partial charge in [0.15, 0.2) is 5.75 Å². The van der Waals surface area contributed by atoms with Gasteiger partial charge < -0.3 is 20.5 Å². The lowest BCUT2D eigenvalue weighted by Gasteiger charge is -2.18. The van der Waals surface area contributed by atoms with Crippen LogP contribution in [0.3, 0.4) is 0 Å². The summed E-state index contributed by atoms with van der Waals surface area (Å²) in [6.45, 7) is 14.8. The first-order chi connectivity index (χ1) is 16.1. The maximum atomic E-state index is 11.4. The Morgan fingerprint density at radius 1 is 1.12 bits per heavy atom. The molecule has 6 nitrogen and oxygen atoms in total. The van der Waals surface area contributed by atoms with Crippen LogP contribution < -0.4 is 15.4 Å². The second-order valence-corrected chi connectivity index (χ2v) is 6.42. The molecule has 2 rings (SSSR count). The monoisotopic (exact) mass is 453 g/mol. The molecule has 0 saturated carbocycles. The predicted octanol–water partition coefficient (Wildman–Crippen LogP) is 7.62. The Hall–Kier alpha value is -3.54. The van der Waals surface area contributed by atoms with E-state index in [0.717, 1.165) is 19.4 Å². The molecule has 0 aliphatic heterocycles. The van der Waals surface area contributed by atoms with E-state index in [1.54, 1.807) is 36.7 Å². The zero-order valence-electron chi connectivity index (χ0n) is 20.6. The van der Waals surface area contributed by atoms with E-state index in [-0.39, 0.29) is 5.56 Å². The van der Waals surface area contributed by atoms with Gasteiger partial charge in [0, 0.05) is 25.5 Å². The van der Waals surface area contributed by atoms with E-state index in [4.69, 9.17) is 4.74 Å². The van der Waals surface area contributed by atoms with Crippen LogP contribution >= 0.6 is 0 Å². The molecule has 0 saturated heterocycles. The molecular weight excluding hydrogens is 414 g/mol. The molecule has 0 amide bonds. The van der Waals surface area contributed by atoms with E-state index < -0.39 is 5.97 Å². The van der Waals surface area contributed by atoms with Crippen LogP contribution in [0, 0.1) is 0 Å². The van der Waals surface area contributed by atoms with E-state index in [9.17, 15) is 9.90 Å². The summed E-state index contributed by atoms with van der Waals surface area (Å²) in [7, 11) is 0. The Kier molecular flexibility index (Phi) is 17.1. The smallest absolute Gasteiger partial charge is 0.335 e. The van der Waals surface area contributed by atoms with Crippen molar-refractivity contribution < 1.29 is 14.6 Å². The third kappa shape index (κ3) is 12.2. The van der Waals surface area contributed by atoms with Gasteiger partial charge in [-0.05, 0) is 50.6 Å². The fraction of sp³-hybridized carbons (Fsp3) is 0.333. The average Bonchev–Trinajstić information content (AvgIpc) is 2.83. The van der Waals surface area contributed by atoms with Gasteiger partial charge in [-0.3, -0.25) is 4.99 Å². The lowest BCUT2D eigenvalue weighted by Crippen LogP contribution is -2.08. The first-order valence-electron chi connectivity index (χ1n) is 11.4. The summed E-state index contributed by atoms with van der Waals surface area (Å²) in [5, 5.41) is 15.9. The second kappa shape index (κ2) is 19.2. The Morgan fingerprint density at radius 3 is 2.27 bits per heavy atom. The molecule has 180 valence electrons. The van der Waals surface area contributed by atoms with Crippen molar-refractivity contribution in [1.82, 2.24) is 0 Å². The predicted molar refractivity (Wildman–Crippen MR) is 142 cm³/mol. The maximum Gasteiger partial charge on any atom is 0.335 e. The van der Waals surface area contributed by atoms with Crippen LogP contribution in [0.15, 0.2) is 72.4 Å². The van der Waals surface area contributed by atoms with Gasteiger partial charge >= 0.3 is 5.97 Å². The molecule has 0 spiro atoms. The van der Waals surface area contributed by atoms with Gasteiger partial charge in [0.1, 0.15) is 5.75 Å². The number of unbranched alkanes of at least 4 members (excludes halogenated alkanes) is 1. The van der Waals surface area contributed by atoms with Gasteiger partial charge in [-0.15, -0.1) is 0 Å². The van der Waals surface area contributed by atoms with Crippen LogP contribution in [-0.2, 0) is 0 Å². The van der Waals surface area contributed by atoms with Crippen molar-refractivity contribution in [2.24, 2.45) is 4.99 Å². The highest BCUT2D eigenvalue weighted by Gasteiger charge is 2.16. The molecular formula is C27H39N3O3. The Bertz CT molecular complexity index is 862. The minimum absolute atomic E-state index is 0.227. The summed E-state index contributed by atoms with van der Waals surface area (Å²) in [6.07, 6.45) is 8.93. The van der Waals surface area contributed by atoms with Crippen LogP contribution in [0.5, 0.6) is 11.5 Å². The minimum atomic E-state index is -0.959. The molecule has 0 aliphatic carbocycles. The maximum absolute atomic E-state index is 11.4. The summed E-state index contributed by atoms with van der Waals surface area (Å²) in [6, 6.07) is 12.7. The largest absolute Gasteiger partial charge is 0.478 e. The lowest BCUT2D eigenvalue weighted by molar-refractivity contribution is 0.0697. The molecule has 0 atom stereocenters. The molecule has 0 unspecified atom stereocenters. The van der Waals surface area contributed by atoms with Crippen LogP contribution in [0.2, 0.25) is 0 Å². The molecule has 0 heterocycles. The molecule has 3 N–H and O–H groups in total. The van der Waals surface area contributed by atoms with Crippen molar-refractivity contribution in [2.45, 2.75) is 47.5 Å². The molecule has 0 aliphatic rings. The summed E-state index contributed by atoms with van der Waals surface area (Å²) in [4.78, 5) is 15.2. The topological polar surface area (TPSA) is 83.0 Å². The number of rotatable bonds is 11. The molecule has 0 radical (unpaired) electrons. The summed E-state index contributed by atoms with van der Waals surface area (Å²) in [5.74, 6) is 0.362. The van der Waals surface area contributed by atoms with Crippen molar-refractivity contribution in [3.8, 4) is 11.5 Å². The first-order valence-corrected chi connectivity index (χ1v) is 11.4. The highest BCUT2D eigenvalue weighted by Crippen LogP contribution is 2.38. The van der Waals surface area contributed by atoms with E-state index >= 15 is 0 Å². The highest BCUT2D eigenvalue weighted by molar-refractivity contribution is 5.92. The number of aromatic carboxylic acids is 1. The molecule has 0 bridgehead atoms. The number of hydrogen-bond donors (Lipinski definition) is 3. The summed E-state index contributed by atoms with van der Waals surface area (Å²) >= 11 is 0. The number of anilines is 2. The average molecular weight is 454 g/mol. The van der Waals surface area contributed by atoms with Crippen LogP contribution in [-0.4, -0.2) is 30.4 Å². The zero-order valence-corrected chi connectivity index (χ0v) is 20.6. The number of carbonyl (C=O) groups is 1. The fourth-order valence-electron chi connectivity index (χ4n) is 2.52. The third-order valence-corrected chi connectivity index (χ3v) is 3.97. The molecule has 2 aromatic carbocycles. The van der Waals surface area contributed by atoms with Crippen LogP contribution in [0.25, 0.3) is 0 Å². The number of hydrogen-bond acceptors (Lipinski definition) is 5. The molecule has 0 aromatic heterocycles. The minimum Gasteiger partial charge on any atom is -0.478 e. The van der Waals surface area contributed by atoms with Crippen molar-refractivity contribution in [3.63, 3.8) is 0 Å². The van der Waals surface area contributed by atoms with Crippen molar-refractivity contribution in [2.75, 3.05) is 23.7 Å². The number of ether oxygens (including phenoxy) is 1. The molecule has 6 heteroatoms. The summed E-state index contributed by atoms with van der Waals surface area (Å²) in [5.41, 5.74) is 1.58. The number of nitrogens with one attached hydrogen (secondary N) is 2. The van der Waals surface area contributed by atoms with Gasteiger partial charge in [0.2, 0.25) is 0 Å². The number of allylic oxidation sites excluding steroid dienone is 2. The van der Waals surface area contributed by atoms with Crippen LogP contribution in [0.4, 0.5) is 11.4 Å². The van der Waals surface area contributed by atoms with Gasteiger partial charge in [0.25, 0.3) is 0 Å². The van der Waals surface area contributed by atoms with E-state index in [1.807, 2.05) is 58.0 Å². The van der Waals surface area contributed by atoms with Gasteiger partial charge in [-0.25, -0.2) is 4.79 Å². The van der Waals surface area contributed by atoms with Gasteiger partial charge in [-0.2, -0.15) is 0 Å². The Balaban J connectivity index is 0.000000973. The number of benzene rings is 2. The van der Waals surface area contributed by atoms with Gasteiger partial charge in [-0.1, -0.05) is 58.0 Å². The second-order valence-electron chi connectivity index (χ2n) is 6.42. The lowest BCUT2D eigenvalue weighted by atomic mass is 10.1. The standard InChI is InChI=1S/C19H24N2O3.C6H9N.C2H6/c1-3-5-11-21-17-13-14(19(22)23)12-16(20-4-2)18(17)24-15-9-7-6-8-10-15;1-3-5-6-7-4-2;1-2/h6-10,12-13,20-21H,3-5,11H2,1-2H3,(H,22,23);3-6H,1H2,2H3;1-2H3/b;6-5-,7-4?;. The van der Waals surface area contributed by atoms with E-state index in [1.165, 1.54) is 0 Å². The van der Waals surface area contributed by atoms with E-state index in [0.29, 0.717) is 29.4 Å². The third-order valence-electron chi connectivity index (χ3n) is 3.97. The number of carboxylic acids is 1.